The van der Waals surface area contributed by atoms with Crippen LogP contribution in [0.2, 0.25) is 0 Å². The lowest BCUT2D eigenvalue weighted by molar-refractivity contribution is 0.625. The van der Waals surface area contributed by atoms with Crippen molar-refractivity contribution in [2.75, 3.05) is 0 Å². The molecule has 0 unspecified atom stereocenters. The van der Waals surface area contributed by atoms with E-state index in [-0.39, 0.29) is 5.82 Å². The summed E-state index contributed by atoms with van der Waals surface area (Å²) < 4.78 is 14.3. The summed E-state index contributed by atoms with van der Waals surface area (Å²) in [5.41, 5.74) is 1.81. The van der Waals surface area contributed by atoms with Gasteiger partial charge in [-0.15, -0.1) is 0 Å². The molecule has 0 aliphatic heterocycles. The van der Waals surface area contributed by atoms with Gasteiger partial charge in [0.25, 0.3) is 0 Å². The predicted molar refractivity (Wildman–Crippen MR) is 51.2 cm³/mol. The largest absolute Gasteiger partial charge is 0.241 e. The molecule has 2 heterocycles. The molecule has 0 fully saturated rings. The van der Waals surface area contributed by atoms with E-state index in [1.54, 1.807) is 16.9 Å². The second-order valence-corrected chi connectivity index (χ2v) is 2.50. The molecule has 13 heavy (non-hydrogen) atoms. The number of pyridine rings is 1. The molecule has 0 aromatic carbocycles. The van der Waals surface area contributed by atoms with Crippen molar-refractivity contribution in [2.45, 2.75) is 20.8 Å². The first kappa shape index (κ1) is 9.71. The lowest BCUT2D eigenvalue weighted by Crippen LogP contribution is -1.86. The van der Waals surface area contributed by atoms with Crippen LogP contribution in [0.4, 0.5) is 4.39 Å². The zero-order chi connectivity index (χ0) is 9.84. The Bertz CT molecular complexity index is 393. The van der Waals surface area contributed by atoms with Crippen LogP contribution in [0.5, 0.6) is 0 Å². The lowest BCUT2D eigenvalue weighted by atomic mass is 10.3. The molecule has 70 valence electrons. The number of aryl methyl sites for hydroxylation is 1. The van der Waals surface area contributed by atoms with Crippen molar-refractivity contribution in [1.82, 2.24) is 9.61 Å². The minimum atomic E-state index is -0.221. The van der Waals surface area contributed by atoms with E-state index < -0.39 is 0 Å². The maximum atomic E-state index is 12.7. The van der Waals surface area contributed by atoms with Gasteiger partial charge in [0, 0.05) is 6.20 Å². The van der Waals surface area contributed by atoms with Crippen LogP contribution in [0.1, 0.15) is 19.4 Å². The highest BCUT2D eigenvalue weighted by molar-refractivity contribution is 5.52. The summed E-state index contributed by atoms with van der Waals surface area (Å²) in [7, 11) is 0. The molecule has 0 radical (unpaired) electrons. The van der Waals surface area contributed by atoms with E-state index in [2.05, 4.69) is 5.10 Å². The Hall–Kier alpha value is -1.38. The van der Waals surface area contributed by atoms with Crippen molar-refractivity contribution >= 4 is 5.52 Å². The van der Waals surface area contributed by atoms with Crippen molar-refractivity contribution in [3.05, 3.63) is 35.9 Å². The Balaban J connectivity index is 0.000000396. The fourth-order valence-corrected chi connectivity index (χ4v) is 1.08. The molecular formula is C10H13FN2. The summed E-state index contributed by atoms with van der Waals surface area (Å²) in [5.74, 6) is -0.221. The third kappa shape index (κ3) is 1.86. The van der Waals surface area contributed by atoms with Gasteiger partial charge in [0.2, 0.25) is 0 Å². The number of rotatable bonds is 0. The predicted octanol–water partition coefficient (Wildman–Crippen LogP) is 2.81. The maximum Gasteiger partial charge on any atom is 0.126 e. The Morgan fingerprint density at radius 3 is 2.77 bits per heavy atom. The van der Waals surface area contributed by atoms with Crippen LogP contribution in [-0.2, 0) is 0 Å². The van der Waals surface area contributed by atoms with Crippen molar-refractivity contribution in [3.63, 3.8) is 0 Å². The Morgan fingerprint density at radius 1 is 1.38 bits per heavy atom. The van der Waals surface area contributed by atoms with Crippen LogP contribution >= 0.6 is 0 Å². The van der Waals surface area contributed by atoms with Crippen LogP contribution in [0.15, 0.2) is 24.5 Å². The summed E-state index contributed by atoms with van der Waals surface area (Å²) in [4.78, 5) is 0. The van der Waals surface area contributed by atoms with Crippen LogP contribution < -0.4 is 0 Å². The monoisotopic (exact) mass is 180 g/mol. The lowest BCUT2D eigenvalue weighted by Gasteiger charge is -1.92. The SMILES string of the molecule is CC.Cc1cnn2ccc(F)cc12. The second kappa shape index (κ2) is 4.03. The molecule has 2 aromatic rings. The van der Waals surface area contributed by atoms with Gasteiger partial charge >= 0.3 is 0 Å². The smallest absolute Gasteiger partial charge is 0.126 e. The number of fused-ring (bicyclic) bond motifs is 1. The molecule has 2 rings (SSSR count). The molecule has 2 nitrogen and oxygen atoms in total. The number of halogens is 1. The first-order valence-electron chi connectivity index (χ1n) is 4.37. The molecule has 0 aliphatic carbocycles. The average Bonchev–Trinajstić information content (AvgIpc) is 2.52. The number of aromatic nitrogens is 2. The zero-order valence-corrected chi connectivity index (χ0v) is 8.08. The molecule has 0 saturated carbocycles. The number of hydrogen-bond acceptors (Lipinski definition) is 1. The molecule has 0 N–H and O–H groups in total. The topological polar surface area (TPSA) is 17.3 Å². The highest BCUT2D eigenvalue weighted by Gasteiger charge is 1.98. The summed E-state index contributed by atoms with van der Waals surface area (Å²) in [6.45, 7) is 5.90. The molecule has 3 heteroatoms. The third-order valence-corrected chi connectivity index (χ3v) is 1.68. The van der Waals surface area contributed by atoms with Gasteiger partial charge in [0.05, 0.1) is 11.7 Å². The Kier molecular flexibility index (Phi) is 3.01. The molecular weight excluding hydrogens is 167 g/mol. The summed E-state index contributed by atoms with van der Waals surface area (Å²) in [5, 5.41) is 4.01. The minimum absolute atomic E-state index is 0.221. The van der Waals surface area contributed by atoms with E-state index in [4.69, 9.17) is 0 Å². The van der Waals surface area contributed by atoms with E-state index in [0.717, 1.165) is 11.1 Å². The molecule has 0 amide bonds. The van der Waals surface area contributed by atoms with Crippen molar-refractivity contribution in [2.24, 2.45) is 0 Å². The van der Waals surface area contributed by atoms with Gasteiger partial charge in [-0.3, -0.25) is 0 Å². The van der Waals surface area contributed by atoms with Gasteiger partial charge in [-0.25, -0.2) is 8.91 Å². The zero-order valence-electron chi connectivity index (χ0n) is 8.08. The van der Waals surface area contributed by atoms with Gasteiger partial charge in [-0.05, 0) is 24.6 Å². The van der Waals surface area contributed by atoms with Crippen molar-refractivity contribution in [1.29, 1.82) is 0 Å². The highest BCUT2D eigenvalue weighted by atomic mass is 19.1. The van der Waals surface area contributed by atoms with Crippen LogP contribution in [0.3, 0.4) is 0 Å². The quantitative estimate of drug-likeness (QED) is 0.609. The Morgan fingerprint density at radius 2 is 2.08 bits per heavy atom. The standard InChI is InChI=1S/C8H7FN2.C2H6/c1-6-5-10-11-3-2-7(9)4-8(6)11;1-2/h2-5H,1H3;1-2H3. The van der Waals surface area contributed by atoms with E-state index in [0.29, 0.717) is 0 Å². The Labute approximate surface area is 77.0 Å². The van der Waals surface area contributed by atoms with E-state index in [1.807, 2.05) is 20.8 Å². The number of nitrogens with zero attached hydrogens (tertiary/aromatic N) is 2. The number of hydrogen-bond donors (Lipinski definition) is 0. The summed E-state index contributed by atoms with van der Waals surface area (Å²) in [6.07, 6.45) is 3.33. The van der Waals surface area contributed by atoms with Crippen LogP contribution in [0.25, 0.3) is 5.52 Å². The molecule has 0 saturated heterocycles. The third-order valence-electron chi connectivity index (χ3n) is 1.68. The van der Waals surface area contributed by atoms with E-state index in [9.17, 15) is 4.39 Å². The molecule has 2 aromatic heterocycles. The average molecular weight is 180 g/mol. The van der Waals surface area contributed by atoms with Gasteiger partial charge in [0.15, 0.2) is 0 Å². The van der Waals surface area contributed by atoms with Gasteiger partial charge in [-0.2, -0.15) is 5.10 Å². The first-order chi connectivity index (χ1) is 6.27. The van der Waals surface area contributed by atoms with Crippen LogP contribution in [-0.4, -0.2) is 9.61 Å². The summed E-state index contributed by atoms with van der Waals surface area (Å²) >= 11 is 0. The minimum Gasteiger partial charge on any atom is -0.241 e. The van der Waals surface area contributed by atoms with Gasteiger partial charge < -0.3 is 0 Å². The fourth-order valence-electron chi connectivity index (χ4n) is 1.08. The van der Waals surface area contributed by atoms with Crippen molar-refractivity contribution in [3.8, 4) is 0 Å². The normalized spacial score (nSPS) is 9.54. The fraction of sp³-hybridized carbons (Fsp3) is 0.300. The molecule has 0 bridgehead atoms. The molecule has 0 atom stereocenters. The highest BCUT2D eigenvalue weighted by Crippen LogP contribution is 2.09. The molecule has 0 aliphatic rings. The van der Waals surface area contributed by atoms with Crippen molar-refractivity contribution < 1.29 is 4.39 Å². The van der Waals surface area contributed by atoms with E-state index in [1.165, 1.54) is 12.1 Å². The van der Waals surface area contributed by atoms with E-state index >= 15 is 0 Å². The summed E-state index contributed by atoms with van der Waals surface area (Å²) in [6, 6.07) is 2.86. The van der Waals surface area contributed by atoms with Gasteiger partial charge in [0.1, 0.15) is 5.82 Å². The first-order valence-corrected chi connectivity index (χ1v) is 4.37. The van der Waals surface area contributed by atoms with Gasteiger partial charge in [-0.1, -0.05) is 13.8 Å². The second-order valence-electron chi connectivity index (χ2n) is 2.50. The van der Waals surface area contributed by atoms with Crippen LogP contribution in [0, 0.1) is 12.7 Å². The maximum absolute atomic E-state index is 12.7. The molecule has 0 spiro atoms.